The SMILES string of the molecule is N#Cc1ccc(CS(=O)(=O)NC2CNC2)cc1. The summed E-state index contributed by atoms with van der Waals surface area (Å²) in [5.41, 5.74) is 1.21. The Kier molecular flexibility index (Phi) is 3.43. The summed E-state index contributed by atoms with van der Waals surface area (Å²) in [7, 11) is -3.29. The van der Waals surface area contributed by atoms with Crippen molar-refractivity contribution in [3.63, 3.8) is 0 Å². The van der Waals surface area contributed by atoms with Crippen molar-refractivity contribution >= 4 is 10.0 Å². The molecule has 1 fully saturated rings. The van der Waals surface area contributed by atoms with Gasteiger partial charge in [0.25, 0.3) is 0 Å². The molecule has 1 saturated heterocycles. The van der Waals surface area contributed by atoms with Gasteiger partial charge >= 0.3 is 0 Å². The number of nitriles is 1. The molecule has 0 saturated carbocycles. The Balaban J connectivity index is 2.01. The molecular formula is C11H13N3O2S. The van der Waals surface area contributed by atoms with Gasteiger partial charge in [-0.2, -0.15) is 5.26 Å². The summed E-state index contributed by atoms with van der Waals surface area (Å²) in [5, 5.41) is 11.6. The van der Waals surface area contributed by atoms with Crippen LogP contribution in [-0.4, -0.2) is 27.5 Å². The number of hydrogen-bond acceptors (Lipinski definition) is 4. The number of sulfonamides is 1. The Morgan fingerprint density at radius 2 is 2.00 bits per heavy atom. The fourth-order valence-electron chi connectivity index (χ4n) is 1.56. The van der Waals surface area contributed by atoms with Crippen LogP contribution in [0, 0.1) is 11.3 Å². The summed E-state index contributed by atoms with van der Waals surface area (Å²) in [4.78, 5) is 0. The van der Waals surface area contributed by atoms with Gasteiger partial charge in [-0.15, -0.1) is 0 Å². The van der Waals surface area contributed by atoms with Gasteiger partial charge in [0.15, 0.2) is 0 Å². The molecule has 0 spiro atoms. The van der Waals surface area contributed by atoms with Crippen LogP contribution in [0.15, 0.2) is 24.3 Å². The molecule has 1 aliphatic heterocycles. The Hall–Kier alpha value is -1.42. The van der Waals surface area contributed by atoms with Crippen molar-refractivity contribution in [1.29, 1.82) is 5.26 Å². The number of rotatable bonds is 4. The minimum absolute atomic E-state index is 0.0124. The lowest BCUT2D eigenvalue weighted by atomic mass is 10.2. The number of hydrogen-bond donors (Lipinski definition) is 2. The van der Waals surface area contributed by atoms with Crippen molar-refractivity contribution in [1.82, 2.24) is 10.0 Å². The molecule has 0 unspecified atom stereocenters. The van der Waals surface area contributed by atoms with Crippen molar-refractivity contribution in [2.45, 2.75) is 11.8 Å². The molecule has 1 aromatic carbocycles. The maximum Gasteiger partial charge on any atom is 0.216 e. The molecule has 90 valence electrons. The molecular weight excluding hydrogens is 238 g/mol. The summed E-state index contributed by atoms with van der Waals surface area (Å²) in [6.07, 6.45) is 0. The molecule has 6 heteroatoms. The van der Waals surface area contributed by atoms with Crippen molar-refractivity contribution in [2.24, 2.45) is 0 Å². The third-order valence-corrected chi connectivity index (χ3v) is 3.97. The first-order valence-electron chi connectivity index (χ1n) is 5.29. The van der Waals surface area contributed by atoms with Crippen molar-refractivity contribution in [3.05, 3.63) is 35.4 Å². The van der Waals surface area contributed by atoms with E-state index in [1.54, 1.807) is 24.3 Å². The van der Waals surface area contributed by atoms with Crippen LogP contribution in [0.2, 0.25) is 0 Å². The number of benzene rings is 1. The van der Waals surface area contributed by atoms with E-state index in [9.17, 15) is 8.42 Å². The van der Waals surface area contributed by atoms with Gasteiger partial charge in [0, 0.05) is 19.1 Å². The average Bonchev–Trinajstić information content (AvgIpc) is 2.24. The molecule has 0 radical (unpaired) electrons. The second-order valence-corrected chi connectivity index (χ2v) is 5.79. The van der Waals surface area contributed by atoms with E-state index < -0.39 is 10.0 Å². The van der Waals surface area contributed by atoms with Crippen LogP contribution < -0.4 is 10.0 Å². The van der Waals surface area contributed by atoms with Crippen LogP contribution in [-0.2, 0) is 15.8 Å². The lowest BCUT2D eigenvalue weighted by Gasteiger charge is -2.27. The van der Waals surface area contributed by atoms with Crippen LogP contribution >= 0.6 is 0 Å². The zero-order valence-corrected chi connectivity index (χ0v) is 10.00. The van der Waals surface area contributed by atoms with E-state index >= 15 is 0 Å². The van der Waals surface area contributed by atoms with Gasteiger partial charge in [0.1, 0.15) is 0 Å². The maximum atomic E-state index is 11.8. The van der Waals surface area contributed by atoms with Crippen LogP contribution in [0.5, 0.6) is 0 Å². The molecule has 5 nitrogen and oxygen atoms in total. The molecule has 17 heavy (non-hydrogen) atoms. The van der Waals surface area contributed by atoms with E-state index in [1.807, 2.05) is 6.07 Å². The second kappa shape index (κ2) is 4.84. The maximum absolute atomic E-state index is 11.8. The summed E-state index contributed by atoms with van der Waals surface area (Å²) in [5.74, 6) is -0.0464. The molecule has 0 aromatic heterocycles. The van der Waals surface area contributed by atoms with Gasteiger partial charge in [0.2, 0.25) is 10.0 Å². The summed E-state index contributed by atoms with van der Waals surface area (Å²) < 4.78 is 26.1. The summed E-state index contributed by atoms with van der Waals surface area (Å²) in [6.45, 7) is 1.37. The third-order valence-electron chi connectivity index (χ3n) is 2.57. The smallest absolute Gasteiger partial charge is 0.216 e. The first kappa shape index (κ1) is 12.0. The Bertz CT molecular complexity index is 527. The second-order valence-electron chi connectivity index (χ2n) is 4.04. The van der Waals surface area contributed by atoms with Gasteiger partial charge < -0.3 is 5.32 Å². The first-order chi connectivity index (χ1) is 8.09. The van der Waals surface area contributed by atoms with Gasteiger partial charge in [-0.05, 0) is 17.7 Å². The van der Waals surface area contributed by atoms with Crippen LogP contribution in [0.1, 0.15) is 11.1 Å². The van der Waals surface area contributed by atoms with Crippen LogP contribution in [0.4, 0.5) is 0 Å². The molecule has 2 rings (SSSR count). The number of nitrogens with one attached hydrogen (secondary N) is 2. The molecule has 0 amide bonds. The van der Waals surface area contributed by atoms with Crippen molar-refractivity contribution in [2.75, 3.05) is 13.1 Å². The highest BCUT2D eigenvalue weighted by atomic mass is 32.2. The highest BCUT2D eigenvalue weighted by Gasteiger charge is 2.22. The Morgan fingerprint density at radius 1 is 1.35 bits per heavy atom. The fourth-order valence-corrected chi connectivity index (χ4v) is 2.95. The van der Waals surface area contributed by atoms with E-state index in [2.05, 4.69) is 10.0 Å². The minimum atomic E-state index is -3.29. The van der Waals surface area contributed by atoms with Gasteiger partial charge in [-0.1, -0.05) is 12.1 Å². The van der Waals surface area contributed by atoms with Crippen molar-refractivity contribution in [3.8, 4) is 6.07 Å². The fraction of sp³-hybridized carbons (Fsp3) is 0.364. The monoisotopic (exact) mass is 251 g/mol. The Morgan fingerprint density at radius 3 is 2.47 bits per heavy atom. The van der Waals surface area contributed by atoms with Crippen LogP contribution in [0.3, 0.4) is 0 Å². The van der Waals surface area contributed by atoms with Crippen LogP contribution in [0.25, 0.3) is 0 Å². The standard InChI is InChI=1S/C11H13N3O2S/c12-5-9-1-3-10(4-2-9)8-17(15,16)14-11-6-13-7-11/h1-4,11,13-14H,6-8H2. The number of nitrogens with zero attached hydrogens (tertiary/aromatic N) is 1. The normalized spacial score (nSPS) is 16.2. The van der Waals surface area contributed by atoms with E-state index in [1.165, 1.54) is 0 Å². The molecule has 1 heterocycles. The predicted molar refractivity (Wildman–Crippen MR) is 63.6 cm³/mol. The first-order valence-corrected chi connectivity index (χ1v) is 6.94. The molecule has 2 N–H and O–H groups in total. The lowest BCUT2D eigenvalue weighted by Crippen LogP contribution is -2.56. The largest absolute Gasteiger partial charge is 0.313 e. The molecule has 0 atom stereocenters. The molecule has 1 aromatic rings. The van der Waals surface area contributed by atoms with E-state index in [4.69, 9.17) is 5.26 Å². The average molecular weight is 251 g/mol. The zero-order chi connectivity index (χ0) is 12.3. The molecule has 1 aliphatic rings. The summed E-state index contributed by atoms with van der Waals surface area (Å²) >= 11 is 0. The van der Waals surface area contributed by atoms with E-state index in [0.29, 0.717) is 24.2 Å². The molecule has 0 bridgehead atoms. The topological polar surface area (TPSA) is 82.0 Å². The van der Waals surface area contributed by atoms with Gasteiger partial charge in [-0.3, -0.25) is 0 Å². The minimum Gasteiger partial charge on any atom is -0.313 e. The predicted octanol–water partition coefficient (Wildman–Crippen LogP) is -0.0505. The van der Waals surface area contributed by atoms with E-state index in [0.717, 1.165) is 0 Å². The van der Waals surface area contributed by atoms with Crippen molar-refractivity contribution < 1.29 is 8.42 Å². The third kappa shape index (κ3) is 3.27. The zero-order valence-electron chi connectivity index (χ0n) is 9.18. The highest BCUT2D eigenvalue weighted by molar-refractivity contribution is 7.88. The quantitative estimate of drug-likeness (QED) is 0.786. The van der Waals surface area contributed by atoms with Gasteiger partial charge in [0.05, 0.1) is 17.4 Å². The highest BCUT2D eigenvalue weighted by Crippen LogP contribution is 2.08. The molecule has 0 aliphatic carbocycles. The lowest BCUT2D eigenvalue weighted by molar-refractivity contribution is 0.410. The van der Waals surface area contributed by atoms with Gasteiger partial charge in [-0.25, -0.2) is 13.1 Å². The van der Waals surface area contributed by atoms with E-state index in [-0.39, 0.29) is 11.8 Å². The summed E-state index contributed by atoms with van der Waals surface area (Å²) in [6, 6.07) is 8.58. The Labute approximate surface area is 101 Å².